The SMILES string of the molecule is Cn1ccc(S(=O)(=O)N(CCCO)C2CCC2)c1. The van der Waals surface area contributed by atoms with Gasteiger partial charge in [0.2, 0.25) is 10.0 Å². The van der Waals surface area contributed by atoms with E-state index in [2.05, 4.69) is 0 Å². The molecule has 1 heterocycles. The van der Waals surface area contributed by atoms with Gasteiger partial charge in [0.05, 0.1) is 4.90 Å². The lowest BCUT2D eigenvalue weighted by molar-refractivity contribution is 0.198. The van der Waals surface area contributed by atoms with Crippen LogP contribution in [0.15, 0.2) is 23.4 Å². The predicted molar refractivity (Wildman–Crippen MR) is 68.6 cm³/mol. The van der Waals surface area contributed by atoms with Crippen LogP contribution < -0.4 is 0 Å². The highest BCUT2D eigenvalue weighted by atomic mass is 32.2. The zero-order valence-electron chi connectivity index (χ0n) is 10.6. The predicted octanol–water partition coefficient (Wildman–Crippen LogP) is 0.951. The summed E-state index contributed by atoms with van der Waals surface area (Å²) in [5.74, 6) is 0. The van der Waals surface area contributed by atoms with Gasteiger partial charge < -0.3 is 9.67 Å². The van der Waals surface area contributed by atoms with Crippen molar-refractivity contribution in [2.45, 2.75) is 36.6 Å². The van der Waals surface area contributed by atoms with Crippen molar-refractivity contribution in [1.29, 1.82) is 0 Å². The number of rotatable bonds is 6. The molecule has 5 nitrogen and oxygen atoms in total. The zero-order chi connectivity index (χ0) is 13.2. The zero-order valence-corrected chi connectivity index (χ0v) is 11.4. The van der Waals surface area contributed by atoms with E-state index in [1.165, 1.54) is 0 Å². The maximum absolute atomic E-state index is 12.5. The molecule has 0 bridgehead atoms. The van der Waals surface area contributed by atoms with Crippen molar-refractivity contribution in [3.8, 4) is 0 Å². The summed E-state index contributed by atoms with van der Waals surface area (Å²) in [4.78, 5) is 0.342. The van der Waals surface area contributed by atoms with Crippen molar-refractivity contribution in [1.82, 2.24) is 8.87 Å². The molecule has 0 spiro atoms. The van der Waals surface area contributed by atoms with Crippen LogP contribution in [0, 0.1) is 0 Å². The fourth-order valence-electron chi connectivity index (χ4n) is 2.17. The molecule has 0 radical (unpaired) electrons. The number of aliphatic hydroxyl groups excluding tert-OH is 1. The second-order valence-electron chi connectivity index (χ2n) is 4.79. The molecule has 0 unspecified atom stereocenters. The third-order valence-electron chi connectivity index (χ3n) is 3.43. The monoisotopic (exact) mass is 272 g/mol. The summed E-state index contributed by atoms with van der Waals surface area (Å²) in [5.41, 5.74) is 0. The Morgan fingerprint density at radius 2 is 2.22 bits per heavy atom. The summed E-state index contributed by atoms with van der Waals surface area (Å²) in [5, 5.41) is 8.90. The third kappa shape index (κ3) is 2.60. The number of aryl methyl sites for hydroxylation is 1. The number of aromatic nitrogens is 1. The third-order valence-corrected chi connectivity index (χ3v) is 5.37. The van der Waals surface area contributed by atoms with Gasteiger partial charge in [-0.25, -0.2) is 8.42 Å². The van der Waals surface area contributed by atoms with Gasteiger partial charge in [0.15, 0.2) is 0 Å². The summed E-state index contributed by atoms with van der Waals surface area (Å²) in [7, 11) is -1.61. The summed E-state index contributed by atoms with van der Waals surface area (Å²) in [6, 6.07) is 1.74. The van der Waals surface area contributed by atoms with E-state index in [1.807, 2.05) is 0 Å². The minimum Gasteiger partial charge on any atom is -0.396 e. The molecular weight excluding hydrogens is 252 g/mol. The van der Waals surface area contributed by atoms with Gasteiger partial charge in [-0.15, -0.1) is 0 Å². The molecule has 0 amide bonds. The first-order valence-electron chi connectivity index (χ1n) is 6.30. The molecule has 1 fully saturated rings. The summed E-state index contributed by atoms with van der Waals surface area (Å²) >= 11 is 0. The highest BCUT2D eigenvalue weighted by molar-refractivity contribution is 7.89. The Kier molecular flexibility index (Phi) is 4.09. The maximum atomic E-state index is 12.5. The van der Waals surface area contributed by atoms with E-state index in [0.29, 0.717) is 17.9 Å². The quantitative estimate of drug-likeness (QED) is 0.838. The van der Waals surface area contributed by atoms with Crippen molar-refractivity contribution in [3.63, 3.8) is 0 Å². The first kappa shape index (κ1) is 13.6. The van der Waals surface area contributed by atoms with Crippen molar-refractivity contribution in [3.05, 3.63) is 18.5 Å². The molecule has 1 aromatic heterocycles. The number of nitrogens with zero attached hydrogens (tertiary/aromatic N) is 2. The molecule has 0 atom stereocenters. The molecule has 1 aliphatic rings. The molecule has 1 aromatic rings. The Labute approximate surface area is 108 Å². The van der Waals surface area contributed by atoms with E-state index < -0.39 is 10.0 Å². The molecule has 18 heavy (non-hydrogen) atoms. The molecule has 102 valence electrons. The van der Waals surface area contributed by atoms with Crippen LogP contribution in [0.4, 0.5) is 0 Å². The lowest BCUT2D eigenvalue weighted by Gasteiger charge is -2.36. The van der Waals surface area contributed by atoms with E-state index in [0.717, 1.165) is 19.3 Å². The van der Waals surface area contributed by atoms with Crippen LogP contribution >= 0.6 is 0 Å². The van der Waals surface area contributed by atoms with Gasteiger partial charge in [-0.2, -0.15) is 4.31 Å². The highest BCUT2D eigenvalue weighted by Crippen LogP contribution is 2.30. The van der Waals surface area contributed by atoms with Gasteiger partial charge in [0.25, 0.3) is 0 Å². The lowest BCUT2D eigenvalue weighted by Crippen LogP contribution is -2.44. The molecule has 1 N–H and O–H groups in total. The molecule has 0 aromatic carbocycles. The number of aliphatic hydroxyl groups is 1. The van der Waals surface area contributed by atoms with Crippen molar-refractivity contribution < 1.29 is 13.5 Å². The van der Waals surface area contributed by atoms with Gasteiger partial charge in [-0.1, -0.05) is 6.42 Å². The average molecular weight is 272 g/mol. The minimum atomic E-state index is -3.41. The van der Waals surface area contributed by atoms with Crippen molar-refractivity contribution in [2.75, 3.05) is 13.2 Å². The van der Waals surface area contributed by atoms with Gasteiger partial charge in [0, 0.05) is 38.6 Å². The van der Waals surface area contributed by atoms with Gasteiger partial charge in [-0.3, -0.25) is 0 Å². The second-order valence-corrected chi connectivity index (χ2v) is 6.68. The smallest absolute Gasteiger partial charge is 0.244 e. The average Bonchev–Trinajstić information content (AvgIpc) is 2.68. The Bertz CT molecular complexity index is 491. The van der Waals surface area contributed by atoms with Crippen LogP contribution in [-0.4, -0.2) is 41.6 Å². The molecule has 0 aliphatic heterocycles. The Morgan fingerprint density at radius 1 is 1.50 bits per heavy atom. The fourth-order valence-corrected chi connectivity index (χ4v) is 3.94. The van der Waals surface area contributed by atoms with Crippen molar-refractivity contribution >= 4 is 10.0 Å². The topological polar surface area (TPSA) is 62.5 Å². The van der Waals surface area contributed by atoms with Crippen LogP contribution in [0.5, 0.6) is 0 Å². The van der Waals surface area contributed by atoms with E-state index >= 15 is 0 Å². The lowest BCUT2D eigenvalue weighted by atomic mass is 9.93. The summed E-state index contributed by atoms with van der Waals surface area (Å²) in [6.07, 6.45) is 6.79. The fraction of sp³-hybridized carbons (Fsp3) is 0.667. The first-order chi connectivity index (χ1) is 8.55. The highest BCUT2D eigenvalue weighted by Gasteiger charge is 2.34. The molecule has 1 saturated carbocycles. The number of hydrogen-bond donors (Lipinski definition) is 1. The van der Waals surface area contributed by atoms with E-state index in [4.69, 9.17) is 5.11 Å². The van der Waals surface area contributed by atoms with Gasteiger partial charge >= 0.3 is 0 Å². The van der Waals surface area contributed by atoms with Gasteiger partial charge in [-0.05, 0) is 25.3 Å². The first-order valence-corrected chi connectivity index (χ1v) is 7.74. The van der Waals surface area contributed by atoms with Crippen LogP contribution in [0.25, 0.3) is 0 Å². The summed E-state index contributed by atoms with van der Waals surface area (Å²) in [6.45, 7) is 0.423. The van der Waals surface area contributed by atoms with E-state index in [1.54, 1.807) is 34.4 Å². The maximum Gasteiger partial charge on any atom is 0.244 e. The van der Waals surface area contributed by atoms with Crippen molar-refractivity contribution in [2.24, 2.45) is 7.05 Å². The van der Waals surface area contributed by atoms with Crippen LogP contribution in [-0.2, 0) is 17.1 Å². The Hall–Kier alpha value is -0.850. The molecule has 2 rings (SSSR count). The Morgan fingerprint density at radius 3 is 2.67 bits per heavy atom. The molecule has 6 heteroatoms. The van der Waals surface area contributed by atoms with Gasteiger partial charge in [0.1, 0.15) is 0 Å². The Balaban J connectivity index is 2.22. The number of sulfonamides is 1. The largest absolute Gasteiger partial charge is 0.396 e. The van der Waals surface area contributed by atoms with E-state index in [9.17, 15) is 8.42 Å². The normalized spacial score (nSPS) is 17.1. The standard InChI is InChI=1S/C12H20N2O3S/c1-13-8-6-12(10-13)18(16,17)14(7-3-9-15)11-4-2-5-11/h6,8,10-11,15H,2-5,7,9H2,1H3. The minimum absolute atomic E-state index is 0.0214. The summed E-state index contributed by atoms with van der Waals surface area (Å²) < 4.78 is 28.3. The second kappa shape index (κ2) is 5.42. The molecule has 1 aliphatic carbocycles. The van der Waals surface area contributed by atoms with Crippen LogP contribution in [0.3, 0.4) is 0 Å². The van der Waals surface area contributed by atoms with Crippen LogP contribution in [0.1, 0.15) is 25.7 Å². The number of hydrogen-bond acceptors (Lipinski definition) is 3. The van der Waals surface area contributed by atoms with Crippen LogP contribution in [0.2, 0.25) is 0 Å². The molecular formula is C12H20N2O3S. The van der Waals surface area contributed by atoms with E-state index in [-0.39, 0.29) is 12.6 Å². The molecule has 0 saturated heterocycles.